The van der Waals surface area contributed by atoms with E-state index in [1.165, 1.54) is 102 Å². The molecule has 1 unspecified atom stereocenters. The highest BCUT2D eigenvalue weighted by atomic mass is 16.6. The molecule has 0 amide bonds. The molecule has 0 saturated carbocycles. The zero-order chi connectivity index (χ0) is 40.7. The van der Waals surface area contributed by atoms with Gasteiger partial charge in [0.05, 0.1) is 39.1 Å². The number of unbranched alkanes of at least 4 members (excludes halogenated alkanes) is 20. The van der Waals surface area contributed by atoms with E-state index in [0.717, 1.165) is 56.3 Å². The van der Waals surface area contributed by atoms with Gasteiger partial charge in [-0.1, -0.05) is 159 Å². The van der Waals surface area contributed by atoms with Crippen molar-refractivity contribution >= 4 is 22.7 Å². The fourth-order valence-corrected chi connectivity index (χ4v) is 6.86. The fraction of sp³-hybridized carbons (Fsp3) is 0.750. The number of esters is 1. The molecule has 0 heterocycles. The Hall–Kier alpha value is -2.72. The zero-order valence-electron chi connectivity index (χ0n) is 35.8. The Morgan fingerprint density at radius 2 is 1.04 bits per heavy atom. The summed E-state index contributed by atoms with van der Waals surface area (Å²) in [6, 6.07) is 14.2. The van der Waals surface area contributed by atoms with Gasteiger partial charge in [0.2, 0.25) is 0 Å². The van der Waals surface area contributed by atoms with Crippen LogP contribution in [-0.4, -0.2) is 77.5 Å². The summed E-state index contributed by atoms with van der Waals surface area (Å²) in [6.07, 6.45) is 27.7. The van der Waals surface area contributed by atoms with E-state index >= 15 is 0 Å². The Balaban J connectivity index is 1.49. The summed E-state index contributed by atoms with van der Waals surface area (Å²) in [5.41, 5.74) is 0. The molecule has 0 bridgehead atoms. The molecular formula is C48H79O9-. The SMILES string of the molecule is CCCCCCCCCCCCCCCCCCOCCOCCOC(CCOCCOc1ccc2ccccc2c1)COC(=O)CCCCCCCCC(=O)[O-]. The van der Waals surface area contributed by atoms with E-state index in [1.807, 2.05) is 24.3 Å². The first-order valence-electron chi connectivity index (χ1n) is 22.9. The number of carbonyl (C=O) groups excluding carboxylic acids is 2. The summed E-state index contributed by atoms with van der Waals surface area (Å²) in [4.78, 5) is 23.0. The second-order valence-electron chi connectivity index (χ2n) is 15.5. The summed E-state index contributed by atoms with van der Waals surface area (Å²) < 4.78 is 34.9. The van der Waals surface area contributed by atoms with Crippen LogP contribution in [-0.2, 0) is 33.3 Å². The minimum absolute atomic E-state index is 0.111. The van der Waals surface area contributed by atoms with Crippen LogP contribution in [0, 0.1) is 0 Å². The number of aliphatic carboxylic acids is 1. The molecule has 57 heavy (non-hydrogen) atoms. The third-order valence-corrected chi connectivity index (χ3v) is 10.3. The molecule has 2 aromatic carbocycles. The summed E-state index contributed by atoms with van der Waals surface area (Å²) in [5.74, 6) is -0.416. The minimum Gasteiger partial charge on any atom is -0.550 e. The van der Waals surface area contributed by atoms with Gasteiger partial charge < -0.3 is 38.3 Å². The third-order valence-electron chi connectivity index (χ3n) is 10.3. The van der Waals surface area contributed by atoms with Crippen LogP contribution in [0.4, 0.5) is 0 Å². The van der Waals surface area contributed by atoms with Gasteiger partial charge in [-0.3, -0.25) is 4.79 Å². The first-order valence-corrected chi connectivity index (χ1v) is 22.9. The van der Waals surface area contributed by atoms with Crippen LogP contribution in [0.3, 0.4) is 0 Å². The van der Waals surface area contributed by atoms with E-state index in [4.69, 9.17) is 28.4 Å². The lowest BCUT2D eigenvalue weighted by Gasteiger charge is -2.18. The topological polar surface area (TPSA) is 113 Å². The number of hydrogen-bond acceptors (Lipinski definition) is 9. The molecule has 0 radical (unpaired) electrons. The predicted molar refractivity (Wildman–Crippen MR) is 229 cm³/mol. The molecule has 0 aliphatic carbocycles. The normalized spacial score (nSPS) is 11.9. The molecule has 9 heteroatoms. The second kappa shape index (κ2) is 37.5. The van der Waals surface area contributed by atoms with Crippen molar-refractivity contribution in [2.24, 2.45) is 0 Å². The molecule has 0 spiro atoms. The number of carboxylic acids is 1. The van der Waals surface area contributed by atoms with Crippen LogP contribution in [0.5, 0.6) is 5.75 Å². The average molecular weight is 800 g/mol. The van der Waals surface area contributed by atoms with Gasteiger partial charge in [-0.25, -0.2) is 0 Å². The van der Waals surface area contributed by atoms with E-state index in [9.17, 15) is 14.7 Å². The molecule has 0 aromatic heterocycles. The lowest BCUT2D eigenvalue weighted by atomic mass is 10.0. The van der Waals surface area contributed by atoms with Crippen molar-refractivity contribution in [1.29, 1.82) is 0 Å². The van der Waals surface area contributed by atoms with Gasteiger partial charge in [0.15, 0.2) is 0 Å². The molecule has 0 aliphatic heterocycles. The highest BCUT2D eigenvalue weighted by Crippen LogP contribution is 2.20. The number of ether oxygens (including phenoxy) is 6. The van der Waals surface area contributed by atoms with Crippen molar-refractivity contribution in [2.45, 2.75) is 174 Å². The van der Waals surface area contributed by atoms with E-state index in [0.29, 0.717) is 65.5 Å². The van der Waals surface area contributed by atoms with Crippen molar-refractivity contribution in [3.8, 4) is 5.75 Å². The number of benzene rings is 2. The van der Waals surface area contributed by atoms with Gasteiger partial charge in [-0.15, -0.1) is 0 Å². The van der Waals surface area contributed by atoms with Crippen LogP contribution in [0.15, 0.2) is 42.5 Å². The van der Waals surface area contributed by atoms with Crippen molar-refractivity contribution < 1.29 is 43.1 Å². The Morgan fingerprint density at radius 3 is 1.67 bits per heavy atom. The third kappa shape index (κ3) is 31.0. The molecule has 9 nitrogen and oxygen atoms in total. The van der Waals surface area contributed by atoms with Crippen molar-refractivity contribution in [3.05, 3.63) is 42.5 Å². The maximum absolute atomic E-state index is 12.4. The molecular weight excluding hydrogens is 721 g/mol. The van der Waals surface area contributed by atoms with Crippen LogP contribution in [0.1, 0.15) is 167 Å². The maximum Gasteiger partial charge on any atom is 0.305 e. The molecule has 0 fully saturated rings. The van der Waals surface area contributed by atoms with E-state index in [1.54, 1.807) is 0 Å². The first-order chi connectivity index (χ1) is 28.1. The summed E-state index contributed by atoms with van der Waals surface area (Å²) >= 11 is 0. The number of fused-ring (bicyclic) bond motifs is 1. The molecule has 2 aromatic rings. The van der Waals surface area contributed by atoms with E-state index in [-0.39, 0.29) is 25.1 Å². The van der Waals surface area contributed by atoms with Gasteiger partial charge >= 0.3 is 5.97 Å². The maximum atomic E-state index is 12.4. The van der Waals surface area contributed by atoms with Crippen LogP contribution < -0.4 is 9.84 Å². The van der Waals surface area contributed by atoms with Crippen LogP contribution in [0.2, 0.25) is 0 Å². The van der Waals surface area contributed by atoms with Crippen LogP contribution >= 0.6 is 0 Å². The minimum atomic E-state index is -0.995. The number of rotatable bonds is 42. The first kappa shape index (κ1) is 50.4. The fourth-order valence-electron chi connectivity index (χ4n) is 6.86. The zero-order valence-corrected chi connectivity index (χ0v) is 35.8. The lowest BCUT2D eigenvalue weighted by molar-refractivity contribution is -0.305. The monoisotopic (exact) mass is 800 g/mol. The highest BCUT2D eigenvalue weighted by molar-refractivity contribution is 5.83. The van der Waals surface area contributed by atoms with Crippen LogP contribution in [0.25, 0.3) is 10.8 Å². The number of carbonyl (C=O) groups is 2. The Labute approximate surface area is 346 Å². The van der Waals surface area contributed by atoms with Gasteiger partial charge in [-0.05, 0) is 48.6 Å². The summed E-state index contributed by atoms with van der Waals surface area (Å²) in [5, 5.41) is 12.8. The molecule has 326 valence electrons. The van der Waals surface area contributed by atoms with Gasteiger partial charge in [0.1, 0.15) is 19.0 Å². The summed E-state index contributed by atoms with van der Waals surface area (Å²) in [6.45, 7) is 6.50. The predicted octanol–water partition coefficient (Wildman–Crippen LogP) is 10.7. The Bertz CT molecular complexity index is 1220. The Kier molecular flexibility index (Phi) is 33.2. The van der Waals surface area contributed by atoms with Crippen molar-refractivity contribution in [1.82, 2.24) is 0 Å². The van der Waals surface area contributed by atoms with Gasteiger partial charge in [0, 0.05) is 32.0 Å². The van der Waals surface area contributed by atoms with Gasteiger partial charge in [0.25, 0.3) is 0 Å². The second-order valence-corrected chi connectivity index (χ2v) is 15.5. The van der Waals surface area contributed by atoms with Crippen molar-refractivity contribution in [2.75, 3.05) is 59.5 Å². The molecule has 0 saturated heterocycles. The van der Waals surface area contributed by atoms with E-state index in [2.05, 4.69) is 25.1 Å². The number of hydrogen-bond donors (Lipinski definition) is 0. The molecule has 1 atom stereocenters. The quantitative estimate of drug-likeness (QED) is 0.0478. The standard InChI is InChI=1S/C48H80O9/c1-2-3-4-5-6-7-8-9-10-11-12-13-14-17-20-25-33-52-35-36-54-38-40-56-46(42-57-48(51)29-22-19-16-15-18-21-28-47(49)50)32-34-53-37-39-55-45-31-30-43-26-23-24-27-44(43)41-45/h23-24,26-27,30-31,41,46H,2-22,25,28-29,32-40,42H2,1H3,(H,49,50)/p-1. The summed E-state index contributed by atoms with van der Waals surface area (Å²) in [7, 11) is 0. The molecule has 0 N–H and O–H groups in total. The molecule has 2 rings (SSSR count). The average Bonchev–Trinajstić information content (AvgIpc) is 3.21. The molecule has 0 aliphatic rings. The van der Waals surface area contributed by atoms with Gasteiger partial charge in [-0.2, -0.15) is 0 Å². The van der Waals surface area contributed by atoms with Crippen molar-refractivity contribution in [3.63, 3.8) is 0 Å². The van der Waals surface area contributed by atoms with E-state index < -0.39 is 5.97 Å². The Morgan fingerprint density at radius 1 is 0.526 bits per heavy atom. The lowest BCUT2D eigenvalue weighted by Crippen LogP contribution is -2.26. The number of carboxylic acid groups (broad SMARTS) is 1. The highest BCUT2D eigenvalue weighted by Gasteiger charge is 2.13. The smallest absolute Gasteiger partial charge is 0.305 e. The largest absolute Gasteiger partial charge is 0.550 e.